The molecule has 0 aliphatic rings. The zero-order valence-corrected chi connectivity index (χ0v) is 8.29. The Hall–Kier alpha value is -0.790. The van der Waals surface area contributed by atoms with Gasteiger partial charge in [0.25, 0.3) is 0 Å². The molecule has 1 aromatic heterocycles. The van der Waals surface area contributed by atoms with E-state index in [1.807, 2.05) is 0 Å². The third kappa shape index (κ3) is 1.68. The Kier molecular flexibility index (Phi) is 2.90. The third-order valence-corrected chi connectivity index (χ3v) is 2.23. The van der Waals surface area contributed by atoms with Crippen LogP contribution < -0.4 is 0 Å². The fraction of sp³-hybridized carbons (Fsp3) is 0.700. The highest BCUT2D eigenvalue weighted by atomic mass is 16.3. The van der Waals surface area contributed by atoms with Crippen molar-refractivity contribution >= 4 is 0 Å². The van der Waals surface area contributed by atoms with E-state index in [0.717, 1.165) is 17.9 Å². The molecule has 0 spiro atoms. The maximum atomic E-state index is 5.37. The fourth-order valence-electron chi connectivity index (χ4n) is 1.25. The number of aromatic nitrogens is 1. The first kappa shape index (κ1) is 9.30. The minimum atomic E-state index is 0.466. The Bertz CT molecular complexity index is 240. The molecule has 0 fully saturated rings. The number of hydrogen-bond donors (Lipinski definition) is 0. The van der Waals surface area contributed by atoms with Crippen LogP contribution in [0.2, 0.25) is 0 Å². The lowest BCUT2D eigenvalue weighted by Gasteiger charge is -2.08. The van der Waals surface area contributed by atoms with Gasteiger partial charge in [-0.3, -0.25) is 0 Å². The van der Waals surface area contributed by atoms with Crippen LogP contribution in [0.5, 0.6) is 0 Å². The summed E-state index contributed by atoms with van der Waals surface area (Å²) in [5, 5.41) is 0. The quantitative estimate of drug-likeness (QED) is 0.690. The van der Waals surface area contributed by atoms with Crippen LogP contribution >= 0.6 is 0 Å². The highest BCUT2D eigenvalue weighted by Crippen LogP contribution is 2.26. The Balaban J connectivity index is 2.91. The summed E-state index contributed by atoms with van der Waals surface area (Å²) < 4.78 is 5.37. The third-order valence-electron chi connectivity index (χ3n) is 2.23. The van der Waals surface area contributed by atoms with Gasteiger partial charge < -0.3 is 4.42 Å². The SMILES string of the molecule is CCC(C)c1ocnc1C(C)C. The van der Waals surface area contributed by atoms with Crippen molar-refractivity contribution in [2.75, 3.05) is 0 Å². The summed E-state index contributed by atoms with van der Waals surface area (Å²) in [5.74, 6) is 2.02. The van der Waals surface area contributed by atoms with Gasteiger partial charge in [0.05, 0.1) is 5.69 Å². The highest BCUT2D eigenvalue weighted by Gasteiger charge is 2.16. The van der Waals surface area contributed by atoms with Crippen LogP contribution in [0.25, 0.3) is 0 Å². The molecule has 1 heterocycles. The molecule has 0 radical (unpaired) electrons. The molecule has 0 saturated carbocycles. The number of oxazole rings is 1. The van der Waals surface area contributed by atoms with E-state index in [1.165, 1.54) is 0 Å². The van der Waals surface area contributed by atoms with E-state index in [-0.39, 0.29) is 0 Å². The van der Waals surface area contributed by atoms with E-state index >= 15 is 0 Å². The van der Waals surface area contributed by atoms with E-state index < -0.39 is 0 Å². The second kappa shape index (κ2) is 3.74. The molecule has 0 aromatic carbocycles. The van der Waals surface area contributed by atoms with Crippen LogP contribution in [0.3, 0.4) is 0 Å². The molecule has 1 aromatic rings. The van der Waals surface area contributed by atoms with Crippen molar-refractivity contribution in [3.63, 3.8) is 0 Å². The molecule has 0 amide bonds. The van der Waals surface area contributed by atoms with Crippen molar-refractivity contribution in [1.82, 2.24) is 4.98 Å². The first-order valence-corrected chi connectivity index (χ1v) is 4.60. The second-order valence-electron chi connectivity index (χ2n) is 3.57. The predicted octanol–water partition coefficient (Wildman–Crippen LogP) is 3.31. The van der Waals surface area contributed by atoms with E-state index in [1.54, 1.807) is 6.39 Å². The number of nitrogens with zero attached hydrogens (tertiary/aromatic N) is 1. The Morgan fingerprint density at radius 1 is 1.42 bits per heavy atom. The average Bonchev–Trinajstić information content (AvgIpc) is 2.50. The van der Waals surface area contributed by atoms with Crippen molar-refractivity contribution in [3.05, 3.63) is 17.8 Å². The molecule has 68 valence electrons. The predicted molar refractivity (Wildman–Crippen MR) is 49.3 cm³/mol. The standard InChI is InChI=1S/C10H17NO/c1-5-8(4)10-9(7(2)3)11-6-12-10/h6-8H,5H2,1-4H3. The monoisotopic (exact) mass is 167 g/mol. The molecule has 0 N–H and O–H groups in total. The molecule has 1 atom stereocenters. The van der Waals surface area contributed by atoms with Gasteiger partial charge in [-0.05, 0) is 12.3 Å². The molecule has 2 heteroatoms. The van der Waals surface area contributed by atoms with Gasteiger partial charge in [-0.1, -0.05) is 27.7 Å². The van der Waals surface area contributed by atoms with Crippen LogP contribution in [-0.4, -0.2) is 4.98 Å². The van der Waals surface area contributed by atoms with E-state index in [2.05, 4.69) is 32.7 Å². The van der Waals surface area contributed by atoms with Crippen molar-refractivity contribution in [2.45, 2.75) is 46.0 Å². The summed E-state index contributed by atoms with van der Waals surface area (Å²) in [6.07, 6.45) is 2.66. The lowest BCUT2D eigenvalue weighted by atomic mass is 9.99. The molecule has 0 bridgehead atoms. The summed E-state index contributed by atoms with van der Waals surface area (Å²) in [7, 11) is 0. The highest BCUT2D eigenvalue weighted by molar-refractivity contribution is 5.15. The first-order chi connectivity index (χ1) is 5.66. The number of hydrogen-bond acceptors (Lipinski definition) is 2. The van der Waals surface area contributed by atoms with E-state index in [0.29, 0.717) is 11.8 Å². The van der Waals surface area contributed by atoms with Gasteiger partial charge in [0.2, 0.25) is 0 Å². The topological polar surface area (TPSA) is 26.0 Å². The molecular formula is C10H17NO. The van der Waals surface area contributed by atoms with Gasteiger partial charge in [-0.2, -0.15) is 0 Å². The van der Waals surface area contributed by atoms with Crippen molar-refractivity contribution < 1.29 is 4.42 Å². The zero-order valence-electron chi connectivity index (χ0n) is 8.29. The summed E-state index contributed by atoms with van der Waals surface area (Å²) in [5.41, 5.74) is 1.12. The average molecular weight is 167 g/mol. The van der Waals surface area contributed by atoms with E-state index in [9.17, 15) is 0 Å². The van der Waals surface area contributed by atoms with E-state index in [4.69, 9.17) is 4.42 Å². The maximum absolute atomic E-state index is 5.37. The van der Waals surface area contributed by atoms with Crippen molar-refractivity contribution in [1.29, 1.82) is 0 Å². The molecular weight excluding hydrogens is 150 g/mol. The van der Waals surface area contributed by atoms with Crippen molar-refractivity contribution in [3.8, 4) is 0 Å². The summed E-state index contributed by atoms with van der Waals surface area (Å²) in [4.78, 5) is 4.22. The fourth-order valence-corrected chi connectivity index (χ4v) is 1.25. The van der Waals surface area contributed by atoms with Gasteiger partial charge in [-0.25, -0.2) is 4.98 Å². The smallest absolute Gasteiger partial charge is 0.181 e. The van der Waals surface area contributed by atoms with Gasteiger partial charge in [0, 0.05) is 5.92 Å². The molecule has 0 saturated heterocycles. The Morgan fingerprint density at radius 3 is 2.58 bits per heavy atom. The Labute approximate surface area is 74.0 Å². The summed E-state index contributed by atoms with van der Waals surface area (Å²) >= 11 is 0. The molecule has 12 heavy (non-hydrogen) atoms. The van der Waals surface area contributed by atoms with Gasteiger partial charge in [-0.15, -0.1) is 0 Å². The maximum Gasteiger partial charge on any atom is 0.181 e. The minimum absolute atomic E-state index is 0.466. The summed E-state index contributed by atoms with van der Waals surface area (Å²) in [6, 6.07) is 0. The number of rotatable bonds is 3. The Morgan fingerprint density at radius 2 is 2.08 bits per heavy atom. The van der Waals surface area contributed by atoms with Crippen LogP contribution in [0, 0.1) is 0 Å². The zero-order chi connectivity index (χ0) is 9.14. The van der Waals surface area contributed by atoms with Gasteiger partial charge in [0.15, 0.2) is 6.39 Å². The largest absolute Gasteiger partial charge is 0.448 e. The van der Waals surface area contributed by atoms with Crippen molar-refractivity contribution in [2.24, 2.45) is 0 Å². The van der Waals surface area contributed by atoms with Crippen LogP contribution in [-0.2, 0) is 0 Å². The van der Waals surface area contributed by atoms with Gasteiger partial charge in [0.1, 0.15) is 5.76 Å². The lowest BCUT2D eigenvalue weighted by molar-refractivity contribution is 0.459. The molecule has 0 aliphatic carbocycles. The molecule has 2 nitrogen and oxygen atoms in total. The second-order valence-corrected chi connectivity index (χ2v) is 3.57. The normalized spacial score (nSPS) is 13.8. The minimum Gasteiger partial charge on any atom is -0.448 e. The molecule has 1 unspecified atom stereocenters. The lowest BCUT2D eigenvalue weighted by Crippen LogP contribution is -1.97. The molecule has 0 aliphatic heterocycles. The van der Waals surface area contributed by atoms with Crippen LogP contribution in [0.1, 0.15) is 57.4 Å². The first-order valence-electron chi connectivity index (χ1n) is 4.60. The van der Waals surface area contributed by atoms with Crippen LogP contribution in [0.4, 0.5) is 0 Å². The van der Waals surface area contributed by atoms with Crippen LogP contribution in [0.15, 0.2) is 10.8 Å². The summed E-state index contributed by atoms with van der Waals surface area (Å²) in [6.45, 7) is 8.62. The van der Waals surface area contributed by atoms with Gasteiger partial charge >= 0.3 is 0 Å². The molecule has 1 rings (SSSR count).